The number of rotatable bonds is 6. The minimum Gasteiger partial charge on any atom is -1.00 e. The number of carbonyl (C=O) groups excluding carboxylic acids is 1. The van der Waals surface area contributed by atoms with Crippen LogP contribution in [-0.2, 0) is 19.5 Å². The summed E-state index contributed by atoms with van der Waals surface area (Å²) in [5, 5.41) is 2.83. The van der Waals surface area contributed by atoms with Crippen molar-refractivity contribution in [3.8, 4) is 11.5 Å². The fourth-order valence-electron chi connectivity index (χ4n) is 2.04. The van der Waals surface area contributed by atoms with Crippen molar-refractivity contribution >= 4 is 17.3 Å². The van der Waals surface area contributed by atoms with E-state index >= 15 is 0 Å². The Morgan fingerprint density at radius 3 is 2.28 bits per heavy atom. The molecule has 0 saturated carbocycles. The molecule has 0 unspecified atom stereocenters. The first-order chi connectivity index (χ1) is 10.7. The van der Waals surface area contributed by atoms with Crippen LogP contribution < -0.4 is 45.3 Å². The summed E-state index contributed by atoms with van der Waals surface area (Å²) in [6.45, 7) is 4.84. The number of ether oxygens (including phenoxy) is 2. The Hall–Kier alpha value is -1.49. The molecule has 8 heteroatoms. The number of anilines is 2. The van der Waals surface area contributed by atoms with E-state index in [0.29, 0.717) is 41.7 Å². The number of para-hydroxylation sites is 1. The second kappa shape index (κ2) is 12.8. The quantitative estimate of drug-likeness (QED) is 0.383. The van der Waals surface area contributed by atoms with Crippen LogP contribution in [0.3, 0.4) is 0 Å². The number of nitrogens with one attached hydrogen (secondary N) is 1. The topological polar surface area (TPSA) is 73.6 Å². The van der Waals surface area contributed by atoms with E-state index in [1.165, 1.54) is 0 Å². The summed E-state index contributed by atoms with van der Waals surface area (Å²) in [4.78, 5) is 12.4. The molecule has 1 amide bonds. The second-order valence-corrected chi connectivity index (χ2v) is 4.57. The first-order valence-electron chi connectivity index (χ1n) is 7.21. The molecule has 132 valence electrons. The smallest absolute Gasteiger partial charge is 1.00 e. The van der Waals surface area contributed by atoms with E-state index in [9.17, 15) is 4.79 Å². The van der Waals surface area contributed by atoms with Gasteiger partial charge in [-0.05, 0) is 38.1 Å². The molecule has 5 nitrogen and oxygen atoms in total. The maximum absolute atomic E-state index is 12.4. The monoisotopic (exact) mass is 434 g/mol. The Labute approximate surface area is 173 Å². The fraction of sp³-hybridized carbons (Fsp3) is 0.235. The van der Waals surface area contributed by atoms with E-state index in [1.54, 1.807) is 42.5 Å². The van der Waals surface area contributed by atoms with E-state index < -0.39 is 0 Å². The van der Waals surface area contributed by atoms with Gasteiger partial charge >= 0.3 is 19.5 Å². The number of nitrogens with two attached hydrogens (primary N) is 1. The molecule has 25 heavy (non-hydrogen) atoms. The molecule has 2 aromatic carbocycles. The number of hydrogen-bond acceptors (Lipinski definition) is 4. The predicted molar refractivity (Wildman–Crippen MR) is 87.6 cm³/mol. The number of benzene rings is 2. The van der Waals surface area contributed by atoms with Gasteiger partial charge in [-0.15, -0.1) is 0 Å². The summed E-state index contributed by atoms with van der Waals surface area (Å²) in [7, 11) is 0. The summed E-state index contributed by atoms with van der Waals surface area (Å²) in [5.41, 5.74) is 7.24. The summed E-state index contributed by atoms with van der Waals surface area (Å²) in [6, 6.07) is 12.2. The van der Waals surface area contributed by atoms with Gasteiger partial charge in [0, 0.05) is 11.8 Å². The van der Waals surface area contributed by atoms with E-state index in [4.69, 9.17) is 15.2 Å². The van der Waals surface area contributed by atoms with Crippen molar-refractivity contribution in [2.75, 3.05) is 24.3 Å². The first-order valence-corrected chi connectivity index (χ1v) is 7.21. The van der Waals surface area contributed by atoms with E-state index in [-0.39, 0.29) is 50.2 Å². The van der Waals surface area contributed by atoms with Gasteiger partial charge in [0.1, 0.15) is 11.5 Å². The molecule has 0 aliphatic heterocycles. The molecule has 0 radical (unpaired) electrons. The van der Waals surface area contributed by atoms with Crippen LogP contribution >= 0.6 is 0 Å². The van der Waals surface area contributed by atoms with Gasteiger partial charge in [-0.2, -0.15) is 0 Å². The molecular weight excluding hydrogens is 416 g/mol. The van der Waals surface area contributed by atoms with Crippen LogP contribution in [0.25, 0.3) is 0 Å². The third kappa shape index (κ3) is 7.11. The molecule has 2 aromatic rings. The molecule has 0 bridgehead atoms. The minimum atomic E-state index is -0.285. The maximum atomic E-state index is 12.4. The zero-order valence-corrected chi connectivity index (χ0v) is 18.7. The van der Waals surface area contributed by atoms with Crippen LogP contribution in [-0.4, -0.2) is 19.1 Å². The first kappa shape index (κ1) is 25.8. The fourth-order valence-corrected chi connectivity index (χ4v) is 2.04. The number of nitrogen functional groups attached to an aromatic ring is 1. The van der Waals surface area contributed by atoms with Gasteiger partial charge in [-0.1, -0.05) is 12.1 Å². The van der Waals surface area contributed by atoms with E-state index in [0.717, 1.165) is 0 Å². The molecule has 0 aliphatic rings. The van der Waals surface area contributed by atoms with Gasteiger partial charge in [0.2, 0.25) is 0 Å². The third-order valence-corrected chi connectivity index (χ3v) is 3.02. The van der Waals surface area contributed by atoms with Crippen LogP contribution in [0.5, 0.6) is 11.5 Å². The second-order valence-electron chi connectivity index (χ2n) is 4.57. The third-order valence-electron chi connectivity index (χ3n) is 3.02. The van der Waals surface area contributed by atoms with Crippen molar-refractivity contribution < 1.29 is 58.6 Å². The molecule has 0 aliphatic carbocycles. The van der Waals surface area contributed by atoms with E-state index in [2.05, 4.69) is 5.32 Å². The van der Waals surface area contributed by atoms with Gasteiger partial charge in [0.05, 0.1) is 24.5 Å². The summed E-state index contributed by atoms with van der Waals surface area (Å²) in [5.74, 6) is 0.976. The van der Waals surface area contributed by atoms with Crippen molar-refractivity contribution in [1.29, 1.82) is 0 Å². The predicted octanol–water partition coefficient (Wildman–Crippen LogP) is -2.68. The molecule has 3 N–H and O–H groups in total. The zero-order chi connectivity index (χ0) is 15.9. The van der Waals surface area contributed by atoms with Crippen LogP contribution in [0.2, 0.25) is 0 Å². The summed E-state index contributed by atoms with van der Waals surface area (Å²) < 4.78 is 11.0. The summed E-state index contributed by atoms with van der Waals surface area (Å²) >= 11 is 0. The molecule has 0 atom stereocenters. The van der Waals surface area contributed by atoms with Crippen molar-refractivity contribution in [2.45, 2.75) is 13.8 Å². The normalized spacial score (nSPS) is 8.88. The van der Waals surface area contributed by atoms with Crippen molar-refractivity contribution in [3.05, 3.63) is 48.0 Å². The molecule has 0 heterocycles. The number of carbonyl (C=O) groups is 1. The number of hydrogen-bond donors (Lipinski definition) is 2. The number of amides is 1. The Balaban J connectivity index is 0. The molecular formula is C17H20Cl2N2O3Zn. The minimum absolute atomic E-state index is 0. The molecule has 0 aromatic heterocycles. The van der Waals surface area contributed by atoms with Crippen LogP contribution in [0.15, 0.2) is 42.5 Å². The molecule has 0 fully saturated rings. The summed E-state index contributed by atoms with van der Waals surface area (Å²) in [6.07, 6.45) is 0. The number of halogens is 2. The zero-order valence-electron chi connectivity index (χ0n) is 14.2. The SMILES string of the molecule is CCOc1ccc(OCC)c(NC(=O)c2ccccc2N)c1.[Cl-].[Cl-].[Zn+2]. The standard InChI is InChI=1S/C17H20N2O3.2ClH.Zn/c1-3-21-12-9-10-16(22-4-2)15(11-12)19-17(20)13-7-5-6-8-14(13)18;;;/h5-11H,3-4,18H2,1-2H3,(H,19,20);2*1H;/q;;;+2/p-2. The average Bonchev–Trinajstić information content (AvgIpc) is 2.50. The van der Waals surface area contributed by atoms with Crippen molar-refractivity contribution in [2.24, 2.45) is 0 Å². The largest absolute Gasteiger partial charge is 2.00 e. The van der Waals surface area contributed by atoms with Crippen LogP contribution in [0.1, 0.15) is 24.2 Å². The Morgan fingerprint density at radius 2 is 1.68 bits per heavy atom. The molecule has 0 saturated heterocycles. The van der Waals surface area contributed by atoms with Crippen molar-refractivity contribution in [3.63, 3.8) is 0 Å². The Bertz CT molecular complexity index is 672. The molecule has 2 rings (SSSR count). The van der Waals surface area contributed by atoms with Gasteiger partial charge in [0.25, 0.3) is 5.91 Å². The van der Waals surface area contributed by atoms with Gasteiger partial charge < -0.3 is 45.3 Å². The Kier molecular flexibility index (Phi) is 13.2. The van der Waals surface area contributed by atoms with Gasteiger partial charge in [-0.25, -0.2) is 0 Å². The Morgan fingerprint density at radius 1 is 1.04 bits per heavy atom. The molecule has 0 spiro atoms. The average molecular weight is 437 g/mol. The van der Waals surface area contributed by atoms with Gasteiger partial charge in [0.15, 0.2) is 0 Å². The van der Waals surface area contributed by atoms with E-state index in [1.807, 2.05) is 13.8 Å². The van der Waals surface area contributed by atoms with Crippen LogP contribution in [0, 0.1) is 0 Å². The van der Waals surface area contributed by atoms with Gasteiger partial charge in [-0.3, -0.25) is 4.79 Å². The maximum Gasteiger partial charge on any atom is 2.00 e. The van der Waals surface area contributed by atoms with Crippen LogP contribution in [0.4, 0.5) is 11.4 Å². The van der Waals surface area contributed by atoms with Crippen molar-refractivity contribution in [1.82, 2.24) is 0 Å².